The van der Waals surface area contributed by atoms with Gasteiger partial charge in [0, 0.05) is 18.1 Å². The van der Waals surface area contributed by atoms with E-state index in [4.69, 9.17) is 9.47 Å². The van der Waals surface area contributed by atoms with Gasteiger partial charge in [0.15, 0.2) is 0 Å². The molecule has 0 aliphatic carbocycles. The number of anilines is 1. The normalized spacial score (nSPS) is 10.3. The number of hydrogen-bond acceptors (Lipinski definition) is 5. The summed E-state index contributed by atoms with van der Waals surface area (Å²) in [5.74, 6) is 1.27. The van der Waals surface area contributed by atoms with Gasteiger partial charge in [0.25, 0.3) is 0 Å². The van der Waals surface area contributed by atoms with E-state index in [1.807, 2.05) is 26.0 Å². The van der Waals surface area contributed by atoms with Crippen LogP contribution in [0.25, 0.3) is 0 Å². The molecule has 0 unspecified atom stereocenters. The monoisotopic (exact) mass is 363 g/mol. The quantitative estimate of drug-likeness (QED) is 0.678. The lowest BCUT2D eigenvalue weighted by molar-refractivity contribution is -0.116. The van der Waals surface area contributed by atoms with Crippen molar-refractivity contribution in [3.05, 3.63) is 72.1 Å². The maximum Gasteiger partial charge on any atom is 0.321 e. The molecule has 1 N–H and O–H groups in total. The minimum absolute atomic E-state index is 0.112. The lowest BCUT2D eigenvalue weighted by Crippen LogP contribution is -2.15. The molecule has 6 heteroatoms. The molecule has 0 radical (unpaired) electrons. The number of nitrogens with one attached hydrogen (secondary N) is 1. The average molecular weight is 363 g/mol. The highest BCUT2D eigenvalue weighted by Crippen LogP contribution is 2.20. The van der Waals surface area contributed by atoms with Crippen LogP contribution >= 0.6 is 0 Å². The first-order valence-corrected chi connectivity index (χ1v) is 8.64. The molecule has 0 bridgehead atoms. The van der Waals surface area contributed by atoms with Gasteiger partial charge < -0.3 is 14.8 Å². The zero-order valence-electron chi connectivity index (χ0n) is 15.3. The van der Waals surface area contributed by atoms with Crippen molar-refractivity contribution in [3.63, 3.8) is 0 Å². The molecule has 3 aromatic rings. The Hall–Kier alpha value is -3.41. The number of aryl methyl sites for hydroxylation is 2. The number of amides is 1. The molecule has 6 nitrogen and oxygen atoms in total. The second-order valence-corrected chi connectivity index (χ2v) is 6.13. The van der Waals surface area contributed by atoms with Crippen molar-refractivity contribution in [1.29, 1.82) is 0 Å². The predicted octanol–water partition coefficient (Wildman–Crippen LogP) is 4.29. The summed E-state index contributed by atoms with van der Waals surface area (Å²) in [7, 11) is 0. The number of hydrogen-bond donors (Lipinski definition) is 1. The Bertz CT molecular complexity index is 876. The molecule has 0 aliphatic heterocycles. The number of carbonyl (C=O) groups excluding carboxylic acids is 1. The molecular weight excluding hydrogens is 342 g/mol. The first-order chi connectivity index (χ1) is 13.1. The fraction of sp³-hybridized carbons (Fsp3) is 0.190. The SMILES string of the molecule is Cc1cc(C)cc(OCCC(=O)Nc2ccc(Oc3ncccn3)cc2)c1. The number of carbonyl (C=O) groups is 1. The summed E-state index contributed by atoms with van der Waals surface area (Å²) >= 11 is 0. The average Bonchev–Trinajstić information content (AvgIpc) is 2.63. The summed E-state index contributed by atoms with van der Waals surface area (Å²) in [5.41, 5.74) is 2.96. The maximum absolute atomic E-state index is 12.1. The Labute approximate surface area is 158 Å². The molecule has 1 aromatic heterocycles. The van der Waals surface area contributed by atoms with Crippen molar-refractivity contribution in [2.75, 3.05) is 11.9 Å². The number of benzene rings is 2. The summed E-state index contributed by atoms with van der Waals surface area (Å²) < 4.78 is 11.2. The Kier molecular flexibility index (Phi) is 5.99. The van der Waals surface area contributed by atoms with Crippen LogP contribution in [0.1, 0.15) is 17.5 Å². The topological polar surface area (TPSA) is 73.3 Å². The summed E-state index contributed by atoms with van der Waals surface area (Å²) in [4.78, 5) is 20.1. The molecule has 0 atom stereocenters. The zero-order valence-corrected chi connectivity index (χ0v) is 15.3. The van der Waals surface area contributed by atoms with Gasteiger partial charge in [-0.3, -0.25) is 4.79 Å². The molecule has 0 saturated carbocycles. The molecule has 0 fully saturated rings. The molecule has 0 aliphatic rings. The number of nitrogens with zero attached hydrogens (tertiary/aromatic N) is 2. The summed E-state index contributed by atoms with van der Waals surface area (Å²) in [6.07, 6.45) is 3.48. The van der Waals surface area contributed by atoms with Crippen LogP contribution < -0.4 is 14.8 Å². The minimum Gasteiger partial charge on any atom is -0.493 e. The second kappa shape index (κ2) is 8.80. The van der Waals surface area contributed by atoms with Gasteiger partial charge in [-0.15, -0.1) is 0 Å². The van der Waals surface area contributed by atoms with Gasteiger partial charge in [0.05, 0.1) is 13.0 Å². The van der Waals surface area contributed by atoms with Gasteiger partial charge in [0.1, 0.15) is 11.5 Å². The van der Waals surface area contributed by atoms with Crippen LogP contribution in [0, 0.1) is 13.8 Å². The van der Waals surface area contributed by atoms with E-state index >= 15 is 0 Å². The highest BCUT2D eigenvalue weighted by atomic mass is 16.5. The van der Waals surface area contributed by atoms with Gasteiger partial charge in [-0.2, -0.15) is 0 Å². The van der Waals surface area contributed by atoms with Crippen molar-refractivity contribution >= 4 is 11.6 Å². The number of aromatic nitrogens is 2. The van der Waals surface area contributed by atoms with Crippen LogP contribution in [0.3, 0.4) is 0 Å². The lowest BCUT2D eigenvalue weighted by Gasteiger charge is -2.09. The van der Waals surface area contributed by atoms with E-state index in [0.717, 1.165) is 16.9 Å². The van der Waals surface area contributed by atoms with E-state index in [1.54, 1.807) is 42.7 Å². The highest BCUT2D eigenvalue weighted by molar-refractivity contribution is 5.90. The van der Waals surface area contributed by atoms with Gasteiger partial charge in [-0.05, 0) is 67.4 Å². The zero-order chi connectivity index (χ0) is 19.1. The van der Waals surface area contributed by atoms with Crippen molar-refractivity contribution < 1.29 is 14.3 Å². The van der Waals surface area contributed by atoms with E-state index in [1.165, 1.54) is 0 Å². The van der Waals surface area contributed by atoms with Crippen molar-refractivity contribution in [1.82, 2.24) is 9.97 Å². The summed E-state index contributed by atoms with van der Waals surface area (Å²) in [6.45, 7) is 4.36. The van der Waals surface area contributed by atoms with E-state index < -0.39 is 0 Å². The van der Waals surface area contributed by atoms with E-state index in [9.17, 15) is 4.79 Å². The minimum atomic E-state index is -0.112. The fourth-order valence-electron chi connectivity index (χ4n) is 2.55. The molecule has 138 valence electrons. The lowest BCUT2D eigenvalue weighted by atomic mass is 10.1. The molecule has 2 aromatic carbocycles. The molecule has 27 heavy (non-hydrogen) atoms. The Balaban J connectivity index is 1.46. The third-order valence-electron chi connectivity index (χ3n) is 3.68. The molecular formula is C21H21N3O3. The summed E-state index contributed by atoms with van der Waals surface area (Å²) in [6, 6.07) is 15.0. The van der Waals surface area contributed by atoms with Crippen LogP contribution in [0.15, 0.2) is 60.9 Å². The van der Waals surface area contributed by atoms with Gasteiger partial charge in [0.2, 0.25) is 5.91 Å². The predicted molar refractivity (Wildman–Crippen MR) is 103 cm³/mol. The Morgan fingerprint density at radius 1 is 0.963 bits per heavy atom. The van der Waals surface area contributed by atoms with E-state index in [2.05, 4.69) is 21.4 Å². The van der Waals surface area contributed by atoms with Gasteiger partial charge in [-0.1, -0.05) is 6.07 Å². The van der Waals surface area contributed by atoms with E-state index in [0.29, 0.717) is 18.0 Å². The maximum atomic E-state index is 12.1. The van der Waals surface area contributed by atoms with Crippen molar-refractivity contribution in [2.24, 2.45) is 0 Å². The summed E-state index contributed by atoms with van der Waals surface area (Å²) in [5, 5.41) is 2.84. The standard InChI is InChI=1S/C21H21N3O3/c1-15-12-16(2)14-19(13-15)26-11-8-20(25)24-17-4-6-18(7-5-17)27-21-22-9-3-10-23-21/h3-7,9-10,12-14H,8,11H2,1-2H3,(H,24,25). The first kappa shape index (κ1) is 18.4. The Morgan fingerprint density at radius 2 is 1.63 bits per heavy atom. The van der Waals surface area contributed by atoms with Crippen LogP contribution in [-0.2, 0) is 4.79 Å². The molecule has 0 spiro atoms. The molecule has 3 rings (SSSR count). The van der Waals surface area contributed by atoms with Crippen molar-refractivity contribution in [2.45, 2.75) is 20.3 Å². The smallest absolute Gasteiger partial charge is 0.321 e. The fourth-order valence-corrected chi connectivity index (χ4v) is 2.55. The highest BCUT2D eigenvalue weighted by Gasteiger charge is 2.05. The van der Waals surface area contributed by atoms with Crippen LogP contribution in [0.5, 0.6) is 17.5 Å². The van der Waals surface area contributed by atoms with Gasteiger partial charge in [-0.25, -0.2) is 9.97 Å². The van der Waals surface area contributed by atoms with Crippen molar-refractivity contribution in [3.8, 4) is 17.5 Å². The third kappa shape index (κ3) is 5.81. The molecule has 1 amide bonds. The number of rotatable bonds is 7. The third-order valence-corrected chi connectivity index (χ3v) is 3.68. The van der Waals surface area contributed by atoms with Crippen LogP contribution in [0.2, 0.25) is 0 Å². The largest absolute Gasteiger partial charge is 0.493 e. The van der Waals surface area contributed by atoms with E-state index in [-0.39, 0.29) is 18.3 Å². The first-order valence-electron chi connectivity index (χ1n) is 8.64. The Morgan fingerprint density at radius 3 is 2.30 bits per heavy atom. The number of ether oxygens (including phenoxy) is 2. The van der Waals surface area contributed by atoms with Gasteiger partial charge >= 0.3 is 6.01 Å². The molecule has 0 saturated heterocycles. The molecule has 1 heterocycles. The second-order valence-electron chi connectivity index (χ2n) is 6.13. The van der Waals surface area contributed by atoms with Crippen LogP contribution in [0.4, 0.5) is 5.69 Å². The van der Waals surface area contributed by atoms with Crippen LogP contribution in [-0.4, -0.2) is 22.5 Å².